The van der Waals surface area contributed by atoms with Gasteiger partial charge in [-0.15, -0.1) is 0 Å². The van der Waals surface area contributed by atoms with Crippen LogP contribution in [0.4, 0.5) is 8.78 Å². The Morgan fingerprint density at radius 3 is 2.47 bits per heavy atom. The van der Waals surface area contributed by atoms with Crippen LogP contribution >= 0.6 is 0 Å². The number of benzene rings is 1. The molecule has 1 rings (SSSR count). The number of carboxylic acids is 1. The highest BCUT2D eigenvalue weighted by molar-refractivity contribution is 7.89. The third-order valence-corrected chi connectivity index (χ3v) is 3.64. The van der Waals surface area contributed by atoms with Crippen molar-refractivity contribution in [1.29, 1.82) is 0 Å². The minimum Gasteiger partial charge on any atom is -0.480 e. The van der Waals surface area contributed by atoms with Gasteiger partial charge in [0.15, 0.2) is 0 Å². The average molecular weight is 295 g/mol. The van der Waals surface area contributed by atoms with Crippen molar-refractivity contribution in [1.82, 2.24) is 4.72 Å². The third kappa shape index (κ3) is 4.14. The first kappa shape index (κ1) is 15.3. The second-order valence-electron chi connectivity index (χ2n) is 3.51. The van der Waals surface area contributed by atoms with Crippen molar-refractivity contribution in [3.8, 4) is 5.75 Å². The Bertz CT molecular complexity index is 561. The van der Waals surface area contributed by atoms with Crippen molar-refractivity contribution in [3.63, 3.8) is 0 Å². The van der Waals surface area contributed by atoms with Crippen LogP contribution in [0.25, 0.3) is 0 Å². The standard InChI is InChI=1S/C10H11F2NO5S/c1-6(9(14)15)13-19(16,17)8-5-3-2-4-7(8)18-10(11)12/h2-6,10,13H,1H3,(H,14,15). The Labute approximate surface area is 108 Å². The summed E-state index contributed by atoms with van der Waals surface area (Å²) in [5, 5.41) is 8.63. The van der Waals surface area contributed by atoms with Crippen LogP contribution < -0.4 is 9.46 Å². The van der Waals surface area contributed by atoms with Gasteiger partial charge < -0.3 is 9.84 Å². The molecule has 0 spiro atoms. The van der Waals surface area contributed by atoms with Gasteiger partial charge in [-0.2, -0.15) is 13.5 Å². The van der Waals surface area contributed by atoms with E-state index in [0.717, 1.165) is 19.1 Å². The number of halogens is 2. The molecule has 0 radical (unpaired) electrons. The third-order valence-electron chi connectivity index (χ3n) is 2.06. The lowest BCUT2D eigenvalue weighted by Crippen LogP contribution is -2.38. The molecule has 0 saturated heterocycles. The summed E-state index contributed by atoms with van der Waals surface area (Å²) in [6, 6.07) is 3.31. The maximum absolute atomic E-state index is 12.1. The van der Waals surface area contributed by atoms with Crippen LogP contribution in [0.1, 0.15) is 6.92 Å². The summed E-state index contributed by atoms with van der Waals surface area (Å²) in [7, 11) is -4.27. The number of carbonyl (C=O) groups is 1. The summed E-state index contributed by atoms with van der Waals surface area (Å²) in [4.78, 5) is 10.0. The minimum absolute atomic E-state index is 0.552. The monoisotopic (exact) mass is 295 g/mol. The summed E-state index contributed by atoms with van der Waals surface area (Å²) >= 11 is 0. The Morgan fingerprint density at radius 1 is 1.37 bits per heavy atom. The maximum atomic E-state index is 12.1. The van der Waals surface area contributed by atoms with E-state index in [-0.39, 0.29) is 0 Å². The molecule has 2 N–H and O–H groups in total. The smallest absolute Gasteiger partial charge is 0.387 e. The van der Waals surface area contributed by atoms with Gasteiger partial charge in [-0.3, -0.25) is 4.79 Å². The first-order valence-corrected chi connectivity index (χ1v) is 6.51. The van der Waals surface area contributed by atoms with Crippen LogP contribution in [0.2, 0.25) is 0 Å². The lowest BCUT2D eigenvalue weighted by atomic mass is 10.3. The predicted octanol–water partition coefficient (Wildman–Crippen LogP) is 1.04. The number of alkyl halides is 2. The van der Waals surface area contributed by atoms with Crippen molar-refractivity contribution in [2.75, 3.05) is 0 Å². The molecule has 0 aliphatic carbocycles. The van der Waals surface area contributed by atoms with Gasteiger partial charge in [0.25, 0.3) is 0 Å². The molecule has 1 unspecified atom stereocenters. The highest BCUT2D eigenvalue weighted by Crippen LogP contribution is 2.24. The second kappa shape index (κ2) is 5.93. The van der Waals surface area contributed by atoms with E-state index < -0.39 is 39.3 Å². The summed E-state index contributed by atoms with van der Waals surface area (Å²) in [5.41, 5.74) is 0. The number of nitrogens with one attached hydrogen (secondary N) is 1. The molecule has 19 heavy (non-hydrogen) atoms. The van der Waals surface area contributed by atoms with Crippen molar-refractivity contribution in [2.45, 2.75) is 24.5 Å². The van der Waals surface area contributed by atoms with Crippen LogP contribution in [0.5, 0.6) is 5.75 Å². The number of ether oxygens (including phenoxy) is 1. The fourth-order valence-electron chi connectivity index (χ4n) is 1.21. The van der Waals surface area contributed by atoms with E-state index in [1.165, 1.54) is 12.1 Å². The first-order valence-electron chi connectivity index (χ1n) is 5.03. The largest absolute Gasteiger partial charge is 0.480 e. The molecule has 9 heteroatoms. The number of aliphatic carboxylic acids is 1. The van der Waals surface area contributed by atoms with Crippen molar-refractivity contribution >= 4 is 16.0 Å². The number of rotatable bonds is 6. The zero-order valence-corrected chi connectivity index (χ0v) is 10.5. The molecule has 0 heterocycles. The molecule has 6 nitrogen and oxygen atoms in total. The fraction of sp³-hybridized carbons (Fsp3) is 0.300. The molecule has 0 fully saturated rings. The fourth-order valence-corrected chi connectivity index (χ4v) is 2.54. The Balaban J connectivity index is 3.11. The van der Waals surface area contributed by atoms with Gasteiger partial charge in [0.1, 0.15) is 16.7 Å². The molecular weight excluding hydrogens is 284 g/mol. The molecular formula is C10H11F2NO5S. The number of hydrogen-bond donors (Lipinski definition) is 2. The van der Waals surface area contributed by atoms with Crippen molar-refractivity contribution in [3.05, 3.63) is 24.3 Å². The summed E-state index contributed by atoms with van der Waals surface area (Å²) in [6.07, 6.45) is 0. The molecule has 0 aromatic heterocycles. The lowest BCUT2D eigenvalue weighted by Gasteiger charge is -2.13. The van der Waals surface area contributed by atoms with Gasteiger partial charge in [-0.05, 0) is 19.1 Å². The van der Waals surface area contributed by atoms with Crippen LogP contribution in [-0.2, 0) is 14.8 Å². The summed E-state index contributed by atoms with van der Waals surface area (Å²) < 4.78 is 53.9. The molecule has 0 bridgehead atoms. The number of para-hydroxylation sites is 1. The van der Waals surface area contributed by atoms with E-state index in [4.69, 9.17) is 5.11 Å². The molecule has 1 aromatic carbocycles. The van der Waals surface area contributed by atoms with E-state index in [9.17, 15) is 22.0 Å². The van der Waals surface area contributed by atoms with Gasteiger partial charge in [0.05, 0.1) is 0 Å². The summed E-state index contributed by atoms with van der Waals surface area (Å²) in [6.45, 7) is -2.08. The molecule has 0 aliphatic heterocycles. The van der Waals surface area contributed by atoms with E-state index in [1.807, 2.05) is 4.72 Å². The number of carboxylic acid groups (broad SMARTS) is 1. The van der Waals surface area contributed by atoms with Gasteiger partial charge in [0, 0.05) is 0 Å². The second-order valence-corrected chi connectivity index (χ2v) is 5.19. The minimum atomic E-state index is -4.27. The van der Waals surface area contributed by atoms with Crippen LogP contribution in [0, 0.1) is 0 Å². The zero-order valence-electron chi connectivity index (χ0n) is 9.71. The first-order chi connectivity index (χ1) is 8.74. The van der Waals surface area contributed by atoms with Crippen LogP contribution in [0.15, 0.2) is 29.2 Å². The topological polar surface area (TPSA) is 92.7 Å². The Morgan fingerprint density at radius 2 is 1.95 bits per heavy atom. The average Bonchev–Trinajstić information content (AvgIpc) is 2.27. The van der Waals surface area contributed by atoms with Crippen LogP contribution in [0.3, 0.4) is 0 Å². The number of sulfonamides is 1. The Kier molecular flexibility index (Phi) is 4.78. The van der Waals surface area contributed by atoms with Crippen LogP contribution in [-0.4, -0.2) is 32.1 Å². The predicted molar refractivity (Wildman–Crippen MR) is 60.5 cm³/mol. The quantitative estimate of drug-likeness (QED) is 0.818. The zero-order chi connectivity index (χ0) is 14.6. The lowest BCUT2D eigenvalue weighted by molar-refractivity contribution is -0.138. The SMILES string of the molecule is CC(NS(=O)(=O)c1ccccc1OC(F)F)C(=O)O. The number of hydrogen-bond acceptors (Lipinski definition) is 4. The van der Waals surface area contributed by atoms with Gasteiger partial charge in [0.2, 0.25) is 10.0 Å². The van der Waals surface area contributed by atoms with E-state index in [1.54, 1.807) is 0 Å². The van der Waals surface area contributed by atoms with E-state index >= 15 is 0 Å². The Hall–Kier alpha value is -1.74. The molecule has 0 aliphatic rings. The molecule has 1 atom stereocenters. The molecule has 106 valence electrons. The molecule has 0 saturated carbocycles. The van der Waals surface area contributed by atoms with Crippen molar-refractivity contribution in [2.24, 2.45) is 0 Å². The highest BCUT2D eigenvalue weighted by Gasteiger charge is 2.25. The molecule has 0 amide bonds. The van der Waals surface area contributed by atoms with Crippen molar-refractivity contribution < 1.29 is 31.8 Å². The van der Waals surface area contributed by atoms with E-state index in [0.29, 0.717) is 0 Å². The van der Waals surface area contributed by atoms with Gasteiger partial charge in [-0.1, -0.05) is 12.1 Å². The normalized spacial score (nSPS) is 13.3. The highest BCUT2D eigenvalue weighted by atomic mass is 32.2. The maximum Gasteiger partial charge on any atom is 0.387 e. The summed E-state index contributed by atoms with van der Waals surface area (Å²) in [5.74, 6) is -1.95. The molecule has 1 aromatic rings. The van der Waals surface area contributed by atoms with E-state index in [2.05, 4.69) is 4.74 Å². The van der Waals surface area contributed by atoms with Gasteiger partial charge in [-0.25, -0.2) is 8.42 Å². The van der Waals surface area contributed by atoms with Gasteiger partial charge >= 0.3 is 12.6 Å².